The summed E-state index contributed by atoms with van der Waals surface area (Å²) in [4.78, 5) is 0. The van der Waals surface area contributed by atoms with Crippen LogP contribution < -0.4 is 0 Å². The lowest BCUT2D eigenvalue weighted by Gasteiger charge is -2.35. The van der Waals surface area contributed by atoms with Crippen LogP contribution in [0.5, 0.6) is 0 Å². The van der Waals surface area contributed by atoms with Gasteiger partial charge in [-0.2, -0.15) is 0 Å². The summed E-state index contributed by atoms with van der Waals surface area (Å²) in [6.45, 7) is 8.96. The van der Waals surface area contributed by atoms with Crippen molar-refractivity contribution in [1.82, 2.24) is 0 Å². The Morgan fingerprint density at radius 1 is 1.20 bits per heavy atom. The third-order valence-electron chi connectivity index (χ3n) is 3.46. The molecular formula is C16H27O3P. The van der Waals surface area contributed by atoms with Crippen LogP contribution in [0.3, 0.4) is 0 Å². The van der Waals surface area contributed by atoms with Crippen LogP contribution in [0.2, 0.25) is 0 Å². The lowest BCUT2D eigenvalue weighted by molar-refractivity contribution is 0.189. The molecule has 0 heterocycles. The zero-order valence-corrected chi connectivity index (χ0v) is 13.6. The van der Waals surface area contributed by atoms with Crippen LogP contribution in [-0.2, 0) is 13.6 Å². The molecule has 0 spiro atoms. The molecule has 114 valence electrons. The van der Waals surface area contributed by atoms with Crippen molar-refractivity contribution in [3.63, 3.8) is 0 Å². The van der Waals surface area contributed by atoms with Gasteiger partial charge in [-0.25, -0.2) is 0 Å². The van der Waals surface area contributed by atoms with Gasteiger partial charge >= 0.3 is 7.60 Å². The molecule has 0 radical (unpaired) electrons. The largest absolute Gasteiger partial charge is 0.344 e. The van der Waals surface area contributed by atoms with Crippen LogP contribution in [0.25, 0.3) is 0 Å². The van der Waals surface area contributed by atoms with Gasteiger partial charge in [0.15, 0.2) is 0 Å². The molecule has 20 heavy (non-hydrogen) atoms. The van der Waals surface area contributed by atoms with Crippen molar-refractivity contribution >= 4 is 7.60 Å². The maximum atomic E-state index is 13.3. The molecule has 0 fully saturated rings. The Morgan fingerprint density at radius 3 is 2.20 bits per heavy atom. The number of unbranched alkanes of at least 4 members (excludes halogenated alkanes) is 2. The molecule has 0 aromatic carbocycles. The Balaban J connectivity index is 2.89. The highest BCUT2D eigenvalue weighted by molar-refractivity contribution is 7.56. The maximum absolute atomic E-state index is 13.3. The zero-order valence-electron chi connectivity index (χ0n) is 12.7. The maximum Gasteiger partial charge on any atom is 0.344 e. The summed E-state index contributed by atoms with van der Waals surface area (Å²) >= 11 is 0. The first-order valence-corrected chi connectivity index (χ1v) is 9.05. The quantitative estimate of drug-likeness (QED) is 0.314. The van der Waals surface area contributed by atoms with E-state index >= 15 is 0 Å². The summed E-state index contributed by atoms with van der Waals surface area (Å²) in [5, 5.41) is -0.719. The Bertz CT molecular complexity index is 387. The molecule has 4 heteroatoms. The second kappa shape index (κ2) is 8.61. The third-order valence-corrected chi connectivity index (χ3v) is 6.04. The highest BCUT2D eigenvalue weighted by atomic mass is 31.2. The molecule has 0 aliphatic heterocycles. The SMILES string of the molecule is C=CC1(P(=O)(OCCCC)OCCCC)C=CC=CC1. The summed E-state index contributed by atoms with van der Waals surface area (Å²) in [5.74, 6) is 0. The van der Waals surface area contributed by atoms with Gasteiger partial charge < -0.3 is 9.05 Å². The Hall–Kier alpha value is -0.630. The molecule has 1 rings (SSSR count). The van der Waals surface area contributed by atoms with Gasteiger partial charge in [-0.1, -0.05) is 57.1 Å². The van der Waals surface area contributed by atoms with Crippen LogP contribution in [0.1, 0.15) is 46.0 Å². The van der Waals surface area contributed by atoms with E-state index in [1.54, 1.807) is 6.08 Å². The van der Waals surface area contributed by atoms with Crippen LogP contribution >= 0.6 is 7.60 Å². The first-order valence-electron chi connectivity index (χ1n) is 7.51. The second-order valence-electron chi connectivity index (χ2n) is 5.06. The molecule has 0 bridgehead atoms. The van der Waals surface area contributed by atoms with E-state index in [-0.39, 0.29) is 0 Å². The minimum atomic E-state index is -3.24. The van der Waals surface area contributed by atoms with Crippen LogP contribution in [0, 0.1) is 0 Å². The fraction of sp³-hybridized carbons (Fsp3) is 0.625. The monoisotopic (exact) mass is 298 g/mol. The lowest BCUT2D eigenvalue weighted by atomic mass is 10.0. The minimum absolute atomic E-state index is 0.465. The predicted octanol–water partition coefficient (Wildman–Crippen LogP) is 5.25. The summed E-state index contributed by atoms with van der Waals surface area (Å²) in [7, 11) is -3.24. The smallest absolute Gasteiger partial charge is 0.308 e. The topological polar surface area (TPSA) is 35.5 Å². The van der Waals surface area contributed by atoms with Gasteiger partial charge in [-0.05, 0) is 19.3 Å². The second-order valence-corrected chi connectivity index (χ2v) is 7.40. The van der Waals surface area contributed by atoms with Crippen molar-refractivity contribution in [1.29, 1.82) is 0 Å². The fourth-order valence-electron chi connectivity index (χ4n) is 2.03. The number of hydrogen-bond donors (Lipinski definition) is 0. The lowest BCUT2D eigenvalue weighted by Crippen LogP contribution is -2.27. The minimum Gasteiger partial charge on any atom is -0.308 e. The normalized spacial score (nSPS) is 22.1. The standard InChI is InChI=1S/C16H27O3P/c1-4-7-14-18-20(17,19-15-8-5-2)16(6-3)12-10-9-11-13-16/h6,9-12H,3-5,7-8,13-15H2,1-2H3. The van der Waals surface area contributed by atoms with Gasteiger partial charge in [-0.3, -0.25) is 4.57 Å². The summed E-state index contributed by atoms with van der Waals surface area (Å²) < 4.78 is 24.7. The summed E-state index contributed by atoms with van der Waals surface area (Å²) in [6.07, 6.45) is 13.8. The molecule has 1 aliphatic carbocycles. The summed E-state index contributed by atoms with van der Waals surface area (Å²) in [6, 6.07) is 0. The van der Waals surface area contributed by atoms with Crippen molar-refractivity contribution in [3.05, 3.63) is 37.0 Å². The molecule has 1 unspecified atom stereocenters. The molecule has 0 saturated carbocycles. The van der Waals surface area contributed by atoms with Crippen LogP contribution in [-0.4, -0.2) is 18.4 Å². The predicted molar refractivity (Wildman–Crippen MR) is 85.2 cm³/mol. The van der Waals surface area contributed by atoms with E-state index < -0.39 is 12.8 Å². The third kappa shape index (κ3) is 4.18. The average molecular weight is 298 g/mol. The first-order chi connectivity index (χ1) is 9.64. The van der Waals surface area contributed by atoms with Crippen LogP contribution in [0.4, 0.5) is 0 Å². The molecule has 0 aromatic rings. The van der Waals surface area contributed by atoms with Gasteiger partial charge in [0.25, 0.3) is 0 Å². The van der Waals surface area contributed by atoms with Gasteiger partial charge in [0.05, 0.1) is 13.2 Å². The highest BCUT2D eigenvalue weighted by Crippen LogP contribution is 2.63. The molecule has 0 amide bonds. The van der Waals surface area contributed by atoms with E-state index in [0.29, 0.717) is 19.6 Å². The molecule has 0 saturated heterocycles. The van der Waals surface area contributed by atoms with Gasteiger partial charge in [0, 0.05) is 0 Å². The molecule has 1 atom stereocenters. The molecule has 0 N–H and O–H groups in total. The van der Waals surface area contributed by atoms with E-state index in [4.69, 9.17) is 9.05 Å². The van der Waals surface area contributed by atoms with Gasteiger partial charge in [0.2, 0.25) is 0 Å². The average Bonchev–Trinajstić information content (AvgIpc) is 2.48. The van der Waals surface area contributed by atoms with Crippen molar-refractivity contribution in [2.75, 3.05) is 13.2 Å². The van der Waals surface area contributed by atoms with Crippen molar-refractivity contribution < 1.29 is 13.6 Å². The fourth-order valence-corrected chi connectivity index (χ4v) is 4.14. The van der Waals surface area contributed by atoms with E-state index in [1.165, 1.54) is 0 Å². The number of hydrogen-bond acceptors (Lipinski definition) is 3. The number of allylic oxidation sites excluding steroid dienone is 5. The number of rotatable bonds is 10. The molecule has 1 aliphatic rings. The zero-order chi connectivity index (χ0) is 14.9. The highest BCUT2D eigenvalue weighted by Gasteiger charge is 2.46. The Kier molecular flexibility index (Phi) is 7.50. The Labute approximate surface area is 123 Å². The van der Waals surface area contributed by atoms with Crippen molar-refractivity contribution in [2.45, 2.75) is 51.1 Å². The van der Waals surface area contributed by atoms with Gasteiger partial charge in [0.1, 0.15) is 5.16 Å². The van der Waals surface area contributed by atoms with E-state index in [0.717, 1.165) is 25.7 Å². The molecular weight excluding hydrogens is 271 g/mol. The van der Waals surface area contributed by atoms with E-state index in [2.05, 4.69) is 20.4 Å². The van der Waals surface area contributed by atoms with E-state index in [9.17, 15) is 4.57 Å². The Morgan fingerprint density at radius 2 is 1.80 bits per heavy atom. The van der Waals surface area contributed by atoms with Crippen molar-refractivity contribution in [2.24, 2.45) is 0 Å². The van der Waals surface area contributed by atoms with Gasteiger partial charge in [-0.15, -0.1) is 6.58 Å². The van der Waals surface area contributed by atoms with Crippen molar-refractivity contribution in [3.8, 4) is 0 Å². The van der Waals surface area contributed by atoms with E-state index in [1.807, 2.05) is 24.3 Å². The summed E-state index contributed by atoms with van der Waals surface area (Å²) in [5.41, 5.74) is 0. The van der Waals surface area contributed by atoms with Crippen LogP contribution in [0.15, 0.2) is 37.0 Å². The molecule has 3 nitrogen and oxygen atoms in total. The molecule has 0 aromatic heterocycles. The first kappa shape index (κ1) is 17.4.